The molecule has 36 nitrogen and oxygen atoms in total. The zero-order chi connectivity index (χ0) is 85.0. The number of H-pyrrole nitrogens is 1. The number of carbonyl (C=O) groups excluding carboxylic acids is 13. The largest absolute Gasteiger partial charge is 0.481 e. The van der Waals surface area contributed by atoms with Crippen molar-refractivity contribution in [1.82, 2.24) is 74.1 Å². The summed E-state index contributed by atoms with van der Waals surface area (Å²) in [5.41, 5.74) is 19.3. The number of nitrogens with two attached hydrogens (primary N) is 3. The van der Waals surface area contributed by atoms with E-state index in [4.69, 9.17) is 17.2 Å². The summed E-state index contributed by atoms with van der Waals surface area (Å²) >= 11 is 0. The Balaban J connectivity index is 1.81. The number of aliphatic hydroxyl groups excluding tert-OH is 2. The van der Waals surface area contributed by atoms with Crippen molar-refractivity contribution in [3.05, 3.63) is 71.9 Å². The lowest BCUT2D eigenvalue weighted by Gasteiger charge is -2.30. The molecule has 0 aliphatic rings. The number of fused-ring (bicyclic) bond motifs is 1. The Morgan fingerprint density at radius 2 is 0.798 bits per heavy atom. The van der Waals surface area contributed by atoms with Crippen LogP contribution in [0.4, 0.5) is 0 Å². The van der Waals surface area contributed by atoms with Crippen molar-refractivity contribution in [3.63, 3.8) is 0 Å². The van der Waals surface area contributed by atoms with E-state index in [0.29, 0.717) is 34.9 Å². The van der Waals surface area contributed by atoms with Gasteiger partial charge in [0.25, 0.3) is 0 Å². The lowest BCUT2D eigenvalue weighted by Crippen LogP contribution is -2.62. The van der Waals surface area contributed by atoms with Crippen LogP contribution in [0.25, 0.3) is 10.9 Å². The smallest absolute Gasteiger partial charge is 0.325 e. The molecule has 0 fully saturated rings. The number of para-hydroxylation sites is 1. The number of aliphatic hydroxyl groups is 2. The van der Waals surface area contributed by atoms with Gasteiger partial charge in [-0.05, 0) is 93.6 Å². The number of benzene rings is 2. The summed E-state index contributed by atoms with van der Waals surface area (Å²) in [5.74, 6) is -16.3. The average Bonchev–Trinajstić information content (AvgIpc) is 1.65. The van der Waals surface area contributed by atoms with Gasteiger partial charge in [0.05, 0.1) is 19.8 Å². The third kappa shape index (κ3) is 35.1. The molecule has 24 N–H and O–H groups in total. The molecule has 0 unspecified atom stereocenters. The summed E-state index contributed by atoms with van der Waals surface area (Å²) in [5, 5.41) is 73.3. The van der Waals surface area contributed by atoms with Gasteiger partial charge < -0.3 is 112 Å². The third-order valence-electron chi connectivity index (χ3n) is 19.3. The van der Waals surface area contributed by atoms with Gasteiger partial charge in [0.2, 0.25) is 76.8 Å². The number of hydrogen-bond acceptors (Lipinski definition) is 20. The average molecular weight is 1600 g/mol. The molecule has 114 heavy (non-hydrogen) atoms. The topological polar surface area (TPSA) is 587 Å². The Morgan fingerprint density at radius 3 is 1.30 bits per heavy atom. The number of nitrogens with one attached hydrogen (secondary N) is 14. The highest BCUT2D eigenvalue weighted by molar-refractivity contribution is 6.00. The molecule has 1 aromatic heterocycles. The number of carbonyl (C=O) groups is 15. The molecule has 0 saturated carbocycles. The molecule has 0 aliphatic carbocycles. The first-order chi connectivity index (χ1) is 54.3. The number of aromatic amines is 1. The van der Waals surface area contributed by atoms with E-state index in [-0.39, 0.29) is 70.0 Å². The van der Waals surface area contributed by atoms with Crippen molar-refractivity contribution in [2.24, 2.45) is 35.0 Å². The standard InChI is InChI=1S/C78H125N17O19/c1-9-11-12-13-14-15-16-17-18-19-23-30-61(98)93-64(45(3)4)75(110)89-54(33-36-79)67(102)83-42-62(99)85-59(43-96)73(108)91-58(40-50-41-82-52-29-25-24-28-51(50)52)72(107)92-60(44-97)74(109)88-55(34-37-80)68(103)87-56(35-38-81)69(104)90-57(39-49-26-21-20-22-27-49)71(106)86-53(31-32-63(100)101)70(105)94-65(46(5)6)76(111)95-66(47(7)10-2)77(112)84-48(8)78(113)114/h20-22,24-29,41,45-48,53-60,64-66,82,96-97H,9-19,23,30-40,42-44,79-81H2,1-8H3,(H,83,102)(H,84,112)(H,85,99)(H,86,106)(H,87,103)(H,88,109)(H,89,110)(H,90,104)(H,91,108)(H,92,107)(H,93,98)(H,94,105)(H,95,111)(H,100,101)(H,113,114)/t47-,48-,53-,54+,55-,56+,57-,58+,59+,60-,64+,65-,66+/m0/s1. The lowest BCUT2D eigenvalue weighted by atomic mass is 9.96. The predicted octanol–water partition coefficient (Wildman–Crippen LogP) is -1.05. The molecule has 1 heterocycles. The second kappa shape index (κ2) is 53.0. The molecular weight excluding hydrogens is 1480 g/mol. The van der Waals surface area contributed by atoms with Gasteiger partial charge in [0, 0.05) is 42.8 Å². The van der Waals surface area contributed by atoms with E-state index >= 15 is 0 Å². The van der Waals surface area contributed by atoms with Crippen LogP contribution in [-0.4, -0.2) is 226 Å². The number of amides is 13. The van der Waals surface area contributed by atoms with Gasteiger partial charge in [0.15, 0.2) is 0 Å². The van der Waals surface area contributed by atoms with E-state index in [1.54, 1.807) is 102 Å². The Labute approximate surface area is 666 Å². The Morgan fingerprint density at radius 1 is 0.395 bits per heavy atom. The predicted molar refractivity (Wildman–Crippen MR) is 424 cm³/mol. The van der Waals surface area contributed by atoms with Crippen LogP contribution in [-0.2, 0) is 84.8 Å². The summed E-state index contributed by atoms with van der Waals surface area (Å²) in [6, 6.07) is -2.90. The summed E-state index contributed by atoms with van der Waals surface area (Å²) in [4.78, 5) is 208. The normalized spacial score (nSPS) is 14.7. The van der Waals surface area contributed by atoms with Gasteiger partial charge in [-0.25, -0.2) is 0 Å². The van der Waals surface area contributed by atoms with E-state index in [1.165, 1.54) is 45.4 Å². The van der Waals surface area contributed by atoms with Crippen molar-refractivity contribution >= 4 is 99.6 Å². The molecule has 3 aromatic rings. The molecule has 0 aliphatic heterocycles. The minimum atomic E-state index is -1.87. The maximum atomic E-state index is 14.5. The summed E-state index contributed by atoms with van der Waals surface area (Å²) in [6.45, 7) is 9.85. The molecule has 0 bridgehead atoms. The zero-order valence-electron chi connectivity index (χ0n) is 67.0. The number of carboxylic acids is 2. The number of hydrogen-bond donors (Lipinski definition) is 21. The fourth-order valence-electron chi connectivity index (χ4n) is 12.3. The van der Waals surface area contributed by atoms with Gasteiger partial charge in [-0.15, -0.1) is 0 Å². The van der Waals surface area contributed by atoms with E-state index in [2.05, 4.69) is 81.0 Å². The molecule has 2 aromatic carbocycles. The second-order valence-electron chi connectivity index (χ2n) is 29.3. The van der Waals surface area contributed by atoms with Gasteiger partial charge in [-0.2, -0.15) is 0 Å². The van der Waals surface area contributed by atoms with Gasteiger partial charge in [-0.1, -0.05) is 168 Å². The minimum absolute atomic E-state index is 0.0705. The van der Waals surface area contributed by atoms with Crippen LogP contribution < -0.4 is 86.3 Å². The first-order valence-corrected chi connectivity index (χ1v) is 39.5. The minimum Gasteiger partial charge on any atom is -0.481 e. The first kappa shape index (κ1) is 98.0. The number of aromatic nitrogens is 1. The molecule has 0 radical (unpaired) electrons. The summed E-state index contributed by atoms with van der Waals surface area (Å²) < 4.78 is 0. The summed E-state index contributed by atoms with van der Waals surface area (Å²) in [6.07, 6.45) is 11.8. The van der Waals surface area contributed by atoms with Crippen molar-refractivity contribution in [2.45, 2.75) is 256 Å². The molecular formula is C78H125N17O19. The number of rotatable bonds is 57. The molecule has 36 heteroatoms. The quantitative estimate of drug-likeness (QED) is 0.0300. The highest BCUT2D eigenvalue weighted by Gasteiger charge is 2.38. The van der Waals surface area contributed by atoms with Crippen LogP contribution in [0.3, 0.4) is 0 Å². The van der Waals surface area contributed by atoms with E-state index in [1.807, 2.05) is 0 Å². The highest BCUT2D eigenvalue weighted by atomic mass is 16.4. The highest BCUT2D eigenvalue weighted by Crippen LogP contribution is 2.21. The Bertz CT molecular complexity index is 3600. The monoisotopic (exact) mass is 1600 g/mol. The number of aliphatic carboxylic acids is 2. The number of unbranched alkanes of at least 4 members (excludes halogenated alkanes) is 10. The van der Waals surface area contributed by atoms with Gasteiger partial charge in [0.1, 0.15) is 72.5 Å². The van der Waals surface area contributed by atoms with E-state index in [9.17, 15) is 92.3 Å². The third-order valence-corrected chi connectivity index (χ3v) is 19.3. The maximum Gasteiger partial charge on any atom is 0.325 e. The molecule has 13 atom stereocenters. The fourth-order valence-corrected chi connectivity index (χ4v) is 12.3. The fraction of sp³-hybridized carbons (Fsp3) is 0.628. The van der Waals surface area contributed by atoms with Crippen LogP contribution in [0.1, 0.15) is 182 Å². The van der Waals surface area contributed by atoms with Crippen LogP contribution in [0, 0.1) is 17.8 Å². The van der Waals surface area contributed by atoms with Gasteiger partial charge in [-0.3, -0.25) is 71.9 Å². The second-order valence-corrected chi connectivity index (χ2v) is 29.3. The van der Waals surface area contributed by atoms with Crippen molar-refractivity contribution < 1.29 is 92.3 Å². The van der Waals surface area contributed by atoms with Gasteiger partial charge >= 0.3 is 11.9 Å². The van der Waals surface area contributed by atoms with Crippen molar-refractivity contribution in [2.75, 3.05) is 39.4 Å². The van der Waals surface area contributed by atoms with Crippen LogP contribution in [0.5, 0.6) is 0 Å². The van der Waals surface area contributed by atoms with E-state index in [0.717, 1.165) is 25.7 Å². The maximum absolute atomic E-state index is 14.5. The Hall–Kier alpha value is -10.2. The SMILES string of the molecule is CCCCCCCCCCCCCC(=O)N[C@@H](C(=O)N[C@H](CCN)C(=O)NCC(=O)N[C@H](CO)C(=O)N[C@H](Cc1c[nH]c2ccccc12)C(=O)N[C@@H](CO)C(=O)N[C@@H](CCN)C(=O)N[C@H](CCN)C(=O)N[C@@H](Cc1ccccc1)C(=O)N[C@@H](CCC(=O)O)C(=O)N[C@H](C(=O)N[C@@H](C(=O)N[C@@H](C)C(=O)O)[C@@H](C)CC)C(C)C)C(C)C. The van der Waals surface area contributed by atoms with Crippen LogP contribution >= 0.6 is 0 Å². The lowest BCUT2D eigenvalue weighted by molar-refractivity contribution is -0.142. The molecule has 13 amide bonds. The Kier molecular flexibility index (Phi) is 45.6. The zero-order valence-corrected chi connectivity index (χ0v) is 67.0. The van der Waals surface area contributed by atoms with E-state index < -0.39 is 200 Å². The van der Waals surface area contributed by atoms with Crippen molar-refractivity contribution in [3.8, 4) is 0 Å². The number of carboxylic acid groups (broad SMARTS) is 2. The van der Waals surface area contributed by atoms with Crippen LogP contribution in [0.15, 0.2) is 60.8 Å². The molecule has 636 valence electrons. The molecule has 0 saturated heterocycles. The van der Waals surface area contributed by atoms with Crippen molar-refractivity contribution in [1.29, 1.82) is 0 Å². The molecule has 3 rings (SSSR count). The summed E-state index contributed by atoms with van der Waals surface area (Å²) in [7, 11) is 0. The van der Waals surface area contributed by atoms with Crippen LogP contribution in [0.2, 0.25) is 0 Å². The first-order valence-electron chi connectivity index (χ1n) is 39.5. The molecule has 0 spiro atoms.